The molecule has 1 N–H and O–H groups in total. The zero-order valence-electron chi connectivity index (χ0n) is 7.18. The van der Waals surface area contributed by atoms with E-state index in [4.69, 9.17) is 0 Å². The molecule has 1 aromatic rings. The summed E-state index contributed by atoms with van der Waals surface area (Å²) in [6, 6.07) is 4.07. The summed E-state index contributed by atoms with van der Waals surface area (Å²) in [5.74, 6) is 0. The van der Waals surface area contributed by atoms with Crippen molar-refractivity contribution in [2.75, 3.05) is 13.1 Å². The molecule has 0 aromatic carbocycles. The van der Waals surface area contributed by atoms with E-state index in [1.54, 1.807) is 0 Å². The zero-order chi connectivity index (χ0) is 8.81. The van der Waals surface area contributed by atoms with Crippen LogP contribution in [0.1, 0.15) is 12.6 Å². The second-order valence-electron chi connectivity index (χ2n) is 2.57. The minimum atomic E-state index is 1.00. The van der Waals surface area contributed by atoms with Crippen LogP contribution in [0.25, 0.3) is 0 Å². The van der Waals surface area contributed by atoms with Gasteiger partial charge in [0.25, 0.3) is 0 Å². The van der Waals surface area contributed by atoms with Gasteiger partial charge >= 0.3 is 0 Å². The number of nitrogens with one attached hydrogen (secondary N) is 1. The highest BCUT2D eigenvalue weighted by Crippen LogP contribution is 2.07. The van der Waals surface area contributed by atoms with Crippen molar-refractivity contribution in [2.45, 2.75) is 13.3 Å². The molecular weight excluding hydrogens is 216 g/mol. The Bertz CT molecular complexity index is 220. The van der Waals surface area contributed by atoms with Gasteiger partial charge in [-0.3, -0.25) is 4.98 Å². The third kappa shape index (κ3) is 3.32. The van der Waals surface area contributed by atoms with Crippen LogP contribution in [-0.4, -0.2) is 18.1 Å². The van der Waals surface area contributed by atoms with E-state index in [9.17, 15) is 0 Å². The van der Waals surface area contributed by atoms with Gasteiger partial charge in [-0.1, -0.05) is 6.92 Å². The molecule has 0 fully saturated rings. The van der Waals surface area contributed by atoms with E-state index in [0.29, 0.717) is 0 Å². The van der Waals surface area contributed by atoms with Crippen molar-refractivity contribution in [2.24, 2.45) is 0 Å². The Kier molecular flexibility index (Phi) is 4.25. The fraction of sp³-hybridized carbons (Fsp3) is 0.444. The summed E-state index contributed by atoms with van der Waals surface area (Å²) >= 11 is 3.35. The van der Waals surface area contributed by atoms with E-state index in [-0.39, 0.29) is 0 Å². The fourth-order valence-corrected chi connectivity index (χ4v) is 1.18. The Morgan fingerprint density at radius 3 is 2.92 bits per heavy atom. The third-order valence-electron chi connectivity index (χ3n) is 1.60. The Labute approximate surface area is 81.5 Å². The van der Waals surface area contributed by atoms with E-state index < -0.39 is 0 Å². The number of pyridine rings is 1. The molecule has 3 heteroatoms. The lowest BCUT2D eigenvalue weighted by Crippen LogP contribution is -2.16. The largest absolute Gasteiger partial charge is 0.317 e. The van der Waals surface area contributed by atoms with Crippen LogP contribution in [0.3, 0.4) is 0 Å². The quantitative estimate of drug-likeness (QED) is 0.798. The summed E-state index contributed by atoms with van der Waals surface area (Å²) in [7, 11) is 0. The molecule has 1 aromatic heterocycles. The van der Waals surface area contributed by atoms with Gasteiger partial charge in [0.05, 0.1) is 0 Å². The molecule has 0 unspecified atom stereocenters. The molecule has 0 atom stereocenters. The SMILES string of the molecule is CCNCCc1ccc(Br)cn1. The number of hydrogen-bond acceptors (Lipinski definition) is 2. The monoisotopic (exact) mass is 228 g/mol. The molecule has 0 aliphatic rings. The Balaban J connectivity index is 2.37. The highest BCUT2D eigenvalue weighted by molar-refractivity contribution is 9.10. The van der Waals surface area contributed by atoms with Crippen molar-refractivity contribution in [3.63, 3.8) is 0 Å². The van der Waals surface area contributed by atoms with Crippen molar-refractivity contribution in [1.82, 2.24) is 10.3 Å². The molecule has 2 nitrogen and oxygen atoms in total. The van der Waals surface area contributed by atoms with Gasteiger partial charge < -0.3 is 5.32 Å². The van der Waals surface area contributed by atoms with Gasteiger partial charge in [0.1, 0.15) is 0 Å². The van der Waals surface area contributed by atoms with Crippen LogP contribution in [0.5, 0.6) is 0 Å². The molecule has 0 radical (unpaired) electrons. The highest BCUT2D eigenvalue weighted by atomic mass is 79.9. The number of nitrogens with zero attached hydrogens (tertiary/aromatic N) is 1. The van der Waals surface area contributed by atoms with Gasteiger partial charge in [0.2, 0.25) is 0 Å². The molecule has 1 rings (SSSR count). The molecule has 0 bridgehead atoms. The smallest absolute Gasteiger partial charge is 0.0417 e. The molecule has 1 heterocycles. The number of aromatic nitrogens is 1. The average Bonchev–Trinajstić information content (AvgIpc) is 2.09. The summed E-state index contributed by atoms with van der Waals surface area (Å²) in [5.41, 5.74) is 1.14. The zero-order valence-corrected chi connectivity index (χ0v) is 8.76. The number of rotatable bonds is 4. The van der Waals surface area contributed by atoms with Gasteiger partial charge in [-0.05, 0) is 34.6 Å². The number of hydrogen-bond donors (Lipinski definition) is 1. The lowest BCUT2D eigenvalue weighted by molar-refractivity contribution is 0.708. The van der Waals surface area contributed by atoms with E-state index in [1.165, 1.54) is 0 Å². The first-order valence-electron chi connectivity index (χ1n) is 4.14. The van der Waals surface area contributed by atoms with Crippen LogP contribution in [0.2, 0.25) is 0 Å². The predicted molar refractivity (Wildman–Crippen MR) is 54.2 cm³/mol. The molecule has 0 aliphatic carbocycles. The molecule has 0 saturated carbocycles. The third-order valence-corrected chi connectivity index (χ3v) is 2.07. The highest BCUT2D eigenvalue weighted by Gasteiger charge is 1.92. The van der Waals surface area contributed by atoms with Gasteiger partial charge in [-0.25, -0.2) is 0 Å². The molecule has 0 saturated heterocycles. The lowest BCUT2D eigenvalue weighted by atomic mass is 10.3. The standard InChI is InChI=1S/C9H13BrN2/c1-2-11-6-5-9-4-3-8(10)7-12-9/h3-4,7,11H,2,5-6H2,1H3. The maximum atomic E-state index is 4.26. The van der Waals surface area contributed by atoms with Crippen LogP contribution in [0.4, 0.5) is 0 Å². The van der Waals surface area contributed by atoms with Gasteiger partial charge in [0.15, 0.2) is 0 Å². The number of halogens is 1. The first kappa shape index (κ1) is 9.68. The molecule has 66 valence electrons. The second-order valence-corrected chi connectivity index (χ2v) is 3.49. The molecular formula is C9H13BrN2. The molecule has 0 aliphatic heterocycles. The van der Waals surface area contributed by atoms with Crippen LogP contribution in [0.15, 0.2) is 22.8 Å². The average molecular weight is 229 g/mol. The Morgan fingerprint density at radius 1 is 1.50 bits per heavy atom. The summed E-state index contributed by atoms with van der Waals surface area (Å²) in [5, 5.41) is 3.26. The van der Waals surface area contributed by atoms with Gasteiger partial charge in [0, 0.05) is 29.3 Å². The first-order chi connectivity index (χ1) is 5.83. The summed E-state index contributed by atoms with van der Waals surface area (Å²) in [4.78, 5) is 4.26. The molecule has 0 spiro atoms. The van der Waals surface area contributed by atoms with Crippen LogP contribution in [-0.2, 0) is 6.42 Å². The van der Waals surface area contributed by atoms with E-state index in [1.807, 2.05) is 18.3 Å². The summed E-state index contributed by atoms with van der Waals surface area (Å²) < 4.78 is 1.04. The normalized spacial score (nSPS) is 10.2. The maximum absolute atomic E-state index is 4.26. The predicted octanol–water partition coefficient (Wildman–Crippen LogP) is 2.00. The van der Waals surface area contributed by atoms with Crippen LogP contribution in [0, 0.1) is 0 Å². The van der Waals surface area contributed by atoms with Gasteiger partial charge in [-0.15, -0.1) is 0 Å². The second kappa shape index (κ2) is 5.27. The maximum Gasteiger partial charge on any atom is 0.0417 e. The van der Waals surface area contributed by atoms with Crippen molar-refractivity contribution >= 4 is 15.9 Å². The minimum absolute atomic E-state index is 1.00. The Morgan fingerprint density at radius 2 is 2.33 bits per heavy atom. The van der Waals surface area contributed by atoms with E-state index >= 15 is 0 Å². The van der Waals surface area contributed by atoms with Crippen molar-refractivity contribution in [1.29, 1.82) is 0 Å². The fourth-order valence-electron chi connectivity index (χ4n) is 0.948. The van der Waals surface area contributed by atoms with Crippen LogP contribution < -0.4 is 5.32 Å². The summed E-state index contributed by atoms with van der Waals surface area (Å²) in [6.07, 6.45) is 2.84. The minimum Gasteiger partial charge on any atom is -0.317 e. The van der Waals surface area contributed by atoms with E-state index in [0.717, 1.165) is 29.7 Å². The number of likely N-dealkylation sites (N-methyl/N-ethyl adjacent to an activating group) is 1. The Hall–Kier alpha value is -0.410. The molecule has 12 heavy (non-hydrogen) atoms. The van der Waals surface area contributed by atoms with Crippen LogP contribution >= 0.6 is 15.9 Å². The lowest BCUT2D eigenvalue weighted by Gasteiger charge is -2.00. The van der Waals surface area contributed by atoms with Crippen molar-refractivity contribution in [3.8, 4) is 0 Å². The van der Waals surface area contributed by atoms with Crippen molar-refractivity contribution < 1.29 is 0 Å². The topological polar surface area (TPSA) is 24.9 Å². The van der Waals surface area contributed by atoms with Gasteiger partial charge in [-0.2, -0.15) is 0 Å². The first-order valence-corrected chi connectivity index (χ1v) is 4.93. The summed E-state index contributed by atoms with van der Waals surface area (Å²) in [6.45, 7) is 4.14. The van der Waals surface area contributed by atoms with Crippen molar-refractivity contribution in [3.05, 3.63) is 28.5 Å². The van der Waals surface area contributed by atoms with E-state index in [2.05, 4.69) is 33.2 Å². The molecule has 0 amide bonds.